The number of carbonyl (C=O) groups is 2. The van der Waals surface area contributed by atoms with Gasteiger partial charge in [-0.15, -0.1) is 10.2 Å². The molecule has 0 N–H and O–H groups in total. The zero-order chi connectivity index (χ0) is 20.4. The molecule has 148 valence electrons. The van der Waals surface area contributed by atoms with Crippen molar-refractivity contribution in [3.05, 3.63) is 64.5 Å². The fourth-order valence-electron chi connectivity index (χ4n) is 3.17. The second-order valence-corrected chi connectivity index (χ2v) is 7.17. The van der Waals surface area contributed by atoms with Gasteiger partial charge in [0.15, 0.2) is 6.61 Å². The molecule has 0 bridgehead atoms. The van der Waals surface area contributed by atoms with Crippen LogP contribution >= 0.6 is 11.6 Å². The number of halogens is 1. The van der Waals surface area contributed by atoms with Crippen LogP contribution in [0, 0.1) is 6.92 Å². The van der Waals surface area contributed by atoms with Gasteiger partial charge in [0.2, 0.25) is 11.8 Å². The Bertz CT molecular complexity index is 1080. The Morgan fingerprint density at radius 1 is 1.24 bits per heavy atom. The average Bonchev–Trinajstić information content (AvgIpc) is 3.35. The van der Waals surface area contributed by atoms with E-state index in [1.54, 1.807) is 23.1 Å². The molecular weight excluding hydrogens is 394 g/mol. The van der Waals surface area contributed by atoms with E-state index in [9.17, 15) is 9.59 Å². The summed E-state index contributed by atoms with van der Waals surface area (Å²) in [6.45, 7) is 2.40. The summed E-state index contributed by atoms with van der Waals surface area (Å²) < 4.78 is 10.9. The first-order valence-electron chi connectivity index (χ1n) is 9.18. The number of anilines is 1. The van der Waals surface area contributed by atoms with Crippen LogP contribution in [0.4, 0.5) is 5.69 Å². The molecule has 2 heterocycles. The molecule has 0 spiro atoms. The van der Waals surface area contributed by atoms with Gasteiger partial charge in [-0.05, 0) is 43.7 Å². The molecule has 1 saturated heterocycles. The second-order valence-electron chi connectivity index (χ2n) is 6.76. The summed E-state index contributed by atoms with van der Waals surface area (Å²) in [4.78, 5) is 26.0. The summed E-state index contributed by atoms with van der Waals surface area (Å²) in [5.74, 6) is -0.0170. The van der Waals surface area contributed by atoms with Gasteiger partial charge in [0, 0.05) is 18.5 Å². The predicted octanol–water partition coefficient (Wildman–Crippen LogP) is 4.18. The number of carbonyl (C=O) groups excluding carboxylic acids is 2. The molecule has 1 aromatic heterocycles. The Morgan fingerprint density at radius 2 is 2.10 bits per heavy atom. The molecule has 0 radical (unpaired) electrons. The van der Waals surface area contributed by atoms with Gasteiger partial charge in [-0.3, -0.25) is 4.79 Å². The Balaban J connectivity index is 1.45. The molecule has 1 aliphatic rings. The molecular formula is C21H18ClN3O4. The van der Waals surface area contributed by atoms with E-state index in [1.165, 1.54) is 0 Å². The van der Waals surface area contributed by atoms with E-state index in [-0.39, 0.29) is 18.4 Å². The first kappa shape index (κ1) is 19.1. The van der Waals surface area contributed by atoms with Crippen LogP contribution in [0.2, 0.25) is 5.02 Å². The molecule has 0 saturated carbocycles. The molecule has 1 aliphatic heterocycles. The van der Waals surface area contributed by atoms with Crippen LogP contribution in [0.1, 0.15) is 34.7 Å². The highest BCUT2D eigenvalue weighted by molar-refractivity contribution is 6.34. The molecule has 4 rings (SSSR count). The zero-order valence-corrected chi connectivity index (χ0v) is 16.5. The molecule has 1 amide bonds. The SMILES string of the molecule is Cc1cccc(-c2nnc(COC(=O)c3ccc(Cl)c(N4CCCC4=O)c3)o2)c1. The summed E-state index contributed by atoms with van der Waals surface area (Å²) in [6.07, 6.45) is 1.25. The molecule has 0 atom stereocenters. The maximum absolute atomic E-state index is 12.4. The van der Waals surface area contributed by atoms with Crippen molar-refractivity contribution < 1.29 is 18.7 Å². The van der Waals surface area contributed by atoms with Crippen LogP contribution in [-0.4, -0.2) is 28.6 Å². The van der Waals surface area contributed by atoms with Crippen LogP contribution in [0.15, 0.2) is 46.9 Å². The summed E-state index contributed by atoms with van der Waals surface area (Å²) in [7, 11) is 0. The van der Waals surface area contributed by atoms with E-state index in [0.717, 1.165) is 17.5 Å². The van der Waals surface area contributed by atoms with Crippen LogP contribution in [0.25, 0.3) is 11.5 Å². The van der Waals surface area contributed by atoms with Gasteiger partial charge in [0.25, 0.3) is 5.89 Å². The number of ether oxygens (including phenoxy) is 1. The summed E-state index contributed by atoms with van der Waals surface area (Å²) in [5.41, 5.74) is 2.68. The number of rotatable bonds is 5. The van der Waals surface area contributed by atoms with E-state index in [0.29, 0.717) is 35.1 Å². The molecule has 3 aromatic rings. The highest BCUT2D eigenvalue weighted by Gasteiger charge is 2.25. The first-order chi connectivity index (χ1) is 14.0. The smallest absolute Gasteiger partial charge is 0.338 e. The summed E-state index contributed by atoms with van der Waals surface area (Å²) >= 11 is 6.21. The summed E-state index contributed by atoms with van der Waals surface area (Å²) in [6, 6.07) is 12.4. The molecule has 0 unspecified atom stereocenters. The van der Waals surface area contributed by atoms with Crippen molar-refractivity contribution >= 4 is 29.2 Å². The molecule has 1 fully saturated rings. The largest absolute Gasteiger partial charge is 0.452 e. The molecule has 2 aromatic carbocycles. The van der Waals surface area contributed by atoms with Gasteiger partial charge in [-0.2, -0.15) is 0 Å². The van der Waals surface area contributed by atoms with Crippen LogP contribution < -0.4 is 4.90 Å². The summed E-state index contributed by atoms with van der Waals surface area (Å²) in [5, 5.41) is 8.33. The number of esters is 1. The van der Waals surface area contributed by atoms with Crippen molar-refractivity contribution in [2.24, 2.45) is 0 Å². The topological polar surface area (TPSA) is 85.5 Å². The lowest BCUT2D eigenvalue weighted by atomic mass is 10.1. The van der Waals surface area contributed by atoms with E-state index in [2.05, 4.69) is 10.2 Å². The van der Waals surface area contributed by atoms with E-state index >= 15 is 0 Å². The minimum Gasteiger partial charge on any atom is -0.452 e. The van der Waals surface area contributed by atoms with Gasteiger partial charge in [-0.25, -0.2) is 4.79 Å². The number of hydrogen-bond acceptors (Lipinski definition) is 6. The fraction of sp³-hybridized carbons (Fsp3) is 0.238. The zero-order valence-electron chi connectivity index (χ0n) is 15.7. The van der Waals surface area contributed by atoms with Gasteiger partial charge in [-0.1, -0.05) is 29.3 Å². The Kier molecular flexibility index (Phi) is 5.31. The lowest BCUT2D eigenvalue weighted by Crippen LogP contribution is -2.24. The van der Waals surface area contributed by atoms with E-state index < -0.39 is 5.97 Å². The minimum absolute atomic E-state index is 0.00745. The maximum Gasteiger partial charge on any atom is 0.338 e. The lowest BCUT2D eigenvalue weighted by molar-refractivity contribution is -0.117. The standard InChI is InChI=1S/C21H18ClN3O4/c1-13-4-2-5-14(10-13)20-24-23-18(29-20)12-28-21(27)15-7-8-16(22)17(11-15)25-9-3-6-19(25)26/h2,4-5,7-8,10-11H,3,6,9,12H2,1H3. The first-order valence-corrected chi connectivity index (χ1v) is 9.55. The molecule has 7 nitrogen and oxygen atoms in total. The van der Waals surface area contributed by atoms with Crippen LogP contribution in [0.5, 0.6) is 0 Å². The number of benzene rings is 2. The Hall–Kier alpha value is -3.19. The highest BCUT2D eigenvalue weighted by Crippen LogP contribution is 2.30. The molecule has 8 heteroatoms. The highest BCUT2D eigenvalue weighted by atomic mass is 35.5. The van der Waals surface area contributed by atoms with Gasteiger partial charge >= 0.3 is 5.97 Å². The monoisotopic (exact) mass is 411 g/mol. The van der Waals surface area contributed by atoms with Crippen molar-refractivity contribution in [2.75, 3.05) is 11.4 Å². The number of hydrogen-bond donors (Lipinski definition) is 0. The molecule has 29 heavy (non-hydrogen) atoms. The third kappa shape index (κ3) is 4.14. The fourth-order valence-corrected chi connectivity index (χ4v) is 3.39. The number of aromatic nitrogens is 2. The van der Waals surface area contributed by atoms with Crippen molar-refractivity contribution in [1.82, 2.24) is 10.2 Å². The van der Waals surface area contributed by atoms with Crippen molar-refractivity contribution in [3.63, 3.8) is 0 Å². The van der Waals surface area contributed by atoms with Crippen LogP contribution in [-0.2, 0) is 16.1 Å². The number of amides is 1. The minimum atomic E-state index is -0.565. The quantitative estimate of drug-likeness (QED) is 0.585. The Labute approximate surface area is 172 Å². The van der Waals surface area contributed by atoms with Crippen molar-refractivity contribution in [1.29, 1.82) is 0 Å². The van der Waals surface area contributed by atoms with Crippen LogP contribution in [0.3, 0.4) is 0 Å². The van der Waals surface area contributed by atoms with E-state index in [4.69, 9.17) is 20.8 Å². The van der Waals surface area contributed by atoms with Crippen molar-refractivity contribution in [2.45, 2.75) is 26.4 Å². The van der Waals surface area contributed by atoms with Gasteiger partial charge in [0.05, 0.1) is 16.3 Å². The molecule has 0 aliphatic carbocycles. The Morgan fingerprint density at radius 3 is 2.86 bits per heavy atom. The van der Waals surface area contributed by atoms with Gasteiger partial charge in [0.1, 0.15) is 0 Å². The number of nitrogens with zero attached hydrogens (tertiary/aromatic N) is 3. The lowest BCUT2D eigenvalue weighted by Gasteiger charge is -2.18. The number of aryl methyl sites for hydroxylation is 1. The second kappa shape index (κ2) is 8.05. The average molecular weight is 412 g/mol. The predicted molar refractivity (Wildman–Crippen MR) is 107 cm³/mol. The van der Waals surface area contributed by atoms with Crippen molar-refractivity contribution in [3.8, 4) is 11.5 Å². The maximum atomic E-state index is 12.4. The third-order valence-electron chi connectivity index (χ3n) is 4.60. The normalized spacial score (nSPS) is 13.7. The third-order valence-corrected chi connectivity index (χ3v) is 4.92. The van der Waals surface area contributed by atoms with Gasteiger partial charge < -0.3 is 14.1 Å². The van der Waals surface area contributed by atoms with E-state index in [1.807, 2.05) is 31.2 Å².